The maximum atomic E-state index is 11.5. The van der Waals surface area contributed by atoms with Crippen LogP contribution in [0.4, 0.5) is 0 Å². The highest BCUT2D eigenvalue weighted by Gasteiger charge is 2.12. The minimum Gasteiger partial charge on any atom is -0.424 e. The smallest absolute Gasteiger partial charge is 0.311 e. The van der Waals surface area contributed by atoms with Gasteiger partial charge in [0.2, 0.25) is 0 Å². The van der Waals surface area contributed by atoms with Gasteiger partial charge in [0.1, 0.15) is 0 Å². The van der Waals surface area contributed by atoms with E-state index in [2.05, 4.69) is 47.8 Å². The maximum absolute atomic E-state index is 11.5. The van der Waals surface area contributed by atoms with Crippen LogP contribution >= 0.6 is 47.8 Å². The SMILES string of the molecule is CCCCC(=O)Oc1c(Br)cc(Br)cc1Br. The Morgan fingerprint density at radius 1 is 1.25 bits per heavy atom. The molecule has 0 aromatic heterocycles. The molecular weight excluding hydrogens is 404 g/mol. The Labute approximate surface area is 120 Å². The summed E-state index contributed by atoms with van der Waals surface area (Å²) in [7, 11) is 0. The van der Waals surface area contributed by atoms with Crippen molar-refractivity contribution in [3.05, 3.63) is 25.6 Å². The highest BCUT2D eigenvalue weighted by atomic mass is 79.9. The van der Waals surface area contributed by atoms with Crippen LogP contribution in [0.2, 0.25) is 0 Å². The summed E-state index contributed by atoms with van der Waals surface area (Å²) in [5.41, 5.74) is 0. The Morgan fingerprint density at radius 2 is 1.81 bits per heavy atom. The van der Waals surface area contributed by atoms with E-state index in [0.717, 1.165) is 26.3 Å². The van der Waals surface area contributed by atoms with E-state index in [9.17, 15) is 4.79 Å². The summed E-state index contributed by atoms with van der Waals surface area (Å²) in [6.45, 7) is 2.04. The molecule has 0 saturated heterocycles. The average Bonchev–Trinajstić information content (AvgIpc) is 2.20. The third-order valence-electron chi connectivity index (χ3n) is 1.91. The molecule has 2 nitrogen and oxygen atoms in total. The van der Waals surface area contributed by atoms with Crippen molar-refractivity contribution < 1.29 is 9.53 Å². The molecule has 0 fully saturated rings. The number of hydrogen-bond acceptors (Lipinski definition) is 2. The standard InChI is InChI=1S/C11H11Br3O2/c1-2-3-4-10(15)16-11-8(13)5-7(12)6-9(11)14/h5-6H,2-4H2,1H3. The minimum atomic E-state index is -0.203. The van der Waals surface area contributed by atoms with Gasteiger partial charge in [-0.25, -0.2) is 0 Å². The fourth-order valence-electron chi connectivity index (χ4n) is 1.11. The first-order valence-corrected chi connectivity index (χ1v) is 7.27. The van der Waals surface area contributed by atoms with Crippen LogP contribution in [0.25, 0.3) is 0 Å². The van der Waals surface area contributed by atoms with Gasteiger partial charge in [-0.3, -0.25) is 4.79 Å². The van der Waals surface area contributed by atoms with Crippen molar-refractivity contribution >= 4 is 53.8 Å². The van der Waals surface area contributed by atoms with E-state index >= 15 is 0 Å². The fourth-order valence-corrected chi connectivity index (χ4v) is 3.53. The predicted molar refractivity (Wildman–Crippen MR) is 74.7 cm³/mol. The van der Waals surface area contributed by atoms with Gasteiger partial charge in [0, 0.05) is 10.9 Å². The second kappa shape index (κ2) is 6.77. The molecule has 0 spiro atoms. The van der Waals surface area contributed by atoms with Crippen LogP contribution in [0.1, 0.15) is 26.2 Å². The van der Waals surface area contributed by atoms with Crippen LogP contribution in [0.3, 0.4) is 0 Å². The summed E-state index contributed by atoms with van der Waals surface area (Å²) in [5, 5.41) is 0. The van der Waals surface area contributed by atoms with Crippen molar-refractivity contribution in [1.82, 2.24) is 0 Å². The van der Waals surface area contributed by atoms with E-state index in [1.165, 1.54) is 0 Å². The van der Waals surface area contributed by atoms with Gasteiger partial charge in [0.15, 0.2) is 5.75 Å². The van der Waals surface area contributed by atoms with Gasteiger partial charge in [-0.1, -0.05) is 29.3 Å². The number of carbonyl (C=O) groups is 1. The Hall–Kier alpha value is 0.130. The molecule has 0 amide bonds. The fraction of sp³-hybridized carbons (Fsp3) is 0.364. The molecule has 0 heterocycles. The molecule has 0 unspecified atom stereocenters. The normalized spacial score (nSPS) is 10.2. The third-order valence-corrected chi connectivity index (χ3v) is 3.55. The van der Waals surface area contributed by atoms with Gasteiger partial charge in [-0.15, -0.1) is 0 Å². The van der Waals surface area contributed by atoms with Gasteiger partial charge in [0.05, 0.1) is 8.95 Å². The number of esters is 1. The summed E-state index contributed by atoms with van der Waals surface area (Å²) in [6, 6.07) is 3.68. The van der Waals surface area contributed by atoms with E-state index in [-0.39, 0.29) is 5.97 Å². The summed E-state index contributed by atoms with van der Waals surface area (Å²) in [5.74, 6) is 0.329. The molecule has 1 aromatic rings. The van der Waals surface area contributed by atoms with Crippen LogP contribution in [-0.2, 0) is 4.79 Å². The van der Waals surface area contributed by atoms with Gasteiger partial charge >= 0.3 is 5.97 Å². The minimum absolute atomic E-state index is 0.203. The number of rotatable bonds is 4. The lowest BCUT2D eigenvalue weighted by molar-refractivity contribution is -0.134. The summed E-state index contributed by atoms with van der Waals surface area (Å²) in [4.78, 5) is 11.5. The molecule has 0 saturated carbocycles. The zero-order valence-corrected chi connectivity index (χ0v) is 13.5. The second-order valence-corrected chi connectivity index (χ2v) is 5.90. The topological polar surface area (TPSA) is 26.3 Å². The number of ether oxygens (including phenoxy) is 1. The number of benzene rings is 1. The Kier molecular flexibility index (Phi) is 6.00. The van der Waals surface area contributed by atoms with E-state index < -0.39 is 0 Å². The molecule has 0 aliphatic rings. The molecule has 0 bridgehead atoms. The Balaban J connectivity index is 2.77. The van der Waals surface area contributed by atoms with E-state index in [0.29, 0.717) is 12.2 Å². The summed E-state index contributed by atoms with van der Waals surface area (Å²) < 4.78 is 7.69. The number of unbranched alkanes of at least 4 members (excludes halogenated alkanes) is 1. The van der Waals surface area contributed by atoms with Crippen LogP contribution in [-0.4, -0.2) is 5.97 Å². The van der Waals surface area contributed by atoms with E-state index in [1.54, 1.807) is 0 Å². The van der Waals surface area contributed by atoms with Crippen molar-refractivity contribution in [3.63, 3.8) is 0 Å². The number of halogens is 3. The molecule has 0 N–H and O–H groups in total. The molecule has 5 heteroatoms. The molecule has 1 rings (SSSR count). The van der Waals surface area contributed by atoms with E-state index in [4.69, 9.17) is 4.74 Å². The zero-order valence-electron chi connectivity index (χ0n) is 8.73. The summed E-state index contributed by atoms with van der Waals surface area (Å²) in [6.07, 6.45) is 2.29. The monoisotopic (exact) mass is 412 g/mol. The highest BCUT2D eigenvalue weighted by molar-refractivity contribution is 9.11. The highest BCUT2D eigenvalue weighted by Crippen LogP contribution is 2.36. The molecule has 0 aliphatic heterocycles. The lowest BCUT2D eigenvalue weighted by atomic mass is 10.2. The molecular formula is C11H11Br3O2. The van der Waals surface area contributed by atoms with Crippen LogP contribution in [0.5, 0.6) is 5.75 Å². The first-order valence-electron chi connectivity index (χ1n) is 4.89. The van der Waals surface area contributed by atoms with Crippen molar-refractivity contribution in [3.8, 4) is 5.75 Å². The lowest BCUT2D eigenvalue weighted by Gasteiger charge is -2.08. The average molecular weight is 415 g/mol. The van der Waals surface area contributed by atoms with Crippen molar-refractivity contribution in [2.75, 3.05) is 0 Å². The first-order chi connectivity index (χ1) is 7.54. The van der Waals surface area contributed by atoms with Gasteiger partial charge in [0.25, 0.3) is 0 Å². The van der Waals surface area contributed by atoms with Crippen molar-refractivity contribution in [2.45, 2.75) is 26.2 Å². The van der Waals surface area contributed by atoms with Gasteiger partial charge < -0.3 is 4.74 Å². The molecule has 88 valence electrons. The Morgan fingerprint density at radius 3 is 2.31 bits per heavy atom. The predicted octanol–water partition coefficient (Wildman–Crippen LogP) is 5.07. The third kappa shape index (κ3) is 4.18. The quantitative estimate of drug-likeness (QED) is 0.508. The number of hydrogen-bond donors (Lipinski definition) is 0. The van der Waals surface area contributed by atoms with Crippen molar-refractivity contribution in [2.24, 2.45) is 0 Å². The molecule has 0 atom stereocenters. The van der Waals surface area contributed by atoms with Gasteiger partial charge in [-0.05, 0) is 50.4 Å². The first kappa shape index (κ1) is 14.2. The lowest BCUT2D eigenvalue weighted by Crippen LogP contribution is -2.08. The summed E-state index contributed by atoms with van der Waals surface area (Å²) >= 11 is 10.1. The largest absolute Gasteiger partial charge is 0.424 e. The van der Waals surface area contributed by atoms with Crippen LogP contribution in [0, 0.1) is 0 Å². The molecule has 0 aliphatic carbocycles. The van der Waals surface area contributed by atoms with Gasteiger partial charge in [-0.2, -0.15) is 0 Å². The van der Waals surface area contributed by atoms with Crippen molar-refractivity contribution in [1.29, 1.82) is 0 Å². The Bertz CT molecular complexity index is 368. The second-order valence-electron chi connectivity index (χ2n) is 3.28. The molecule has 1 aromatic carbocycles. The molecule has 0 radical (unpaired) electrons. The van der Waals surface area contributed by atoms with Crippen LogP contribution in [0.15, 0.2) is 25.6 Å². The molecule has 16 heavy (non-hydrogen) atoms. The van der Waals surface area contributed by atoms with Crippen LogP contribution < -0.4 is 4.74 Å². The zero-order chi connectivity index (χ0) is 12.1. The number of carbonyl (C=O) groups excluding carboxylic acids is 1. The maximum Gasteiger partial charge on any atom is 0.311 e. The van der Waals surface area contributed by atoms with E-state index in [1.807, 2.05) is 19.1 Å².